The van der Waals surface area contributed by atoms with Crippen LogP contribution in [0.15, 0.2) is 12.2 Å². The summed E-state index contributed by atoms with van der Waals surface area (Å²) in [4.78, 5) is 24.6. The van der Waals surface area contributed by atoms with Crippen molar-refractivity contribution in [2.45, 2.75) is 386 Å². The van der Waals surface area contributed by atoms with Crippen LogP contribution in [-0.2, 0) is 14.3 Å². The van der Waals surface area contributed by atoms with E-state index >= 15 is 0 Å². The van der Waals surface area contributed by atoms with Gasteiger partial charge >= 0.3 is 5.97 Å². The van der Waals surface area contributed by atoms with Crippen molar-refractivity contribution in [3.8, 4) is 0 Å². The van der Waals surface area contributed by atoms with Crippen molar-refractivity contribution in [3.63, 3.8) is 0 Å². The molecule has 0 saturated heterocycles. The Hall–Kier alpha value is -1.40. The third kappa shape index (κ3) is 57.9. The fraction of sp³-hybridized carbons (Fsp3) is 0.939. The molecule has 0 aromatic heterocycles. The van der Waals surface area contributed by atoms with Crippen molar-refractivity contribution < 1.29 is 24.5 Å². The quantitative estimate of drug-likeness (QED) is 0.0320. The van der Waals surface area contributed by atoms with Gasteiger partial charge < -0.3 is 20.3 Å². The van der Waals surface area contributed by atoms with E-state index in [0.717, 1.165) is 64.2 Å². The van der Waals surface area contributed by atoms with E-state index in [1.165, 1.54) is 276 Å². The molecule has 3 N–H and O–H groups in total. The van der Waals surface area contributed by atoms with Gasteiger partial charge in [0.2, 0.25) is 5.91 Å². The second-order valence-corrected chi connectivity index (χ2v) is 22.8. The molecular weight excluding hydrogens is 887 g/mol. The molecule has 2 atom stereocenters. The van der Waals surface area contributed by atoms with E-state index in [-0.39, 0.29) is 18.5 Å². The smallest absolute Gasteiger partial charge is 0.305 e. The van der Waals surface area contributed by atoms with Crippen LogP contribution in [-0.4, -0.2) is 47.4 Å². The van der Waals surface area contributed by atoms with Gasteiger partial charge in [-0.05, 0) is 51.4 Å². The normalized spacial score (nSPS) is 12.6. The average Bonchev–Trinajstić information content (AvgIpc) is 3.38. The summed E-state index contributed by atoms with van der Waals surface area (Å²) in [6, 6.07) is -0.554. The van der Waals surface area contributed by atoms with Gasteiger partial charge in [0.25, 0.3) is 0 Å². The van der Waals surface area contributed by atoms with Crippen LogP contribution in [0.3, 0.4) is 0 Å². The van der Waals surface area contributed by atoms with Crippen LogP contribution in [0.4, 0.5) is 0 Å². The Bertz CT molecular complexity index is 1080. The second kappa shape index (κ2) is 62.1. The molecule has 0 radical (unpaired) electrons. The van der Waals surface area contributed by atoms with Crippen molar-refractivity contribution in [3.05, 3.63) is 12.2 Å². The first-order chi connectivity index (χ1) is 35.5. The van der Waals surface area contributed by atoms with Gasteiger partial charge in [0, 0.05) is 12.8 Å². The highest BCUT2D eigenvalue weighted by Crippen LogP contribution is 2.19. The van der Waals surface area contributed by atoms with E-state index in [4.69, 9.17) is 4.74 Å². The molecule has 6 heteroatoms. The SMILES string of the molecule is CCCCCCCCCCCCCCCCCCCCCCC(O)C(CO)NC(=O)CCCCCCC/C=C\CCCCCCCCCOC(=O)CCCCCCCCCCCCCCCCCCCCC. The third-order valence-electron chi connectivity index (χ3n) is 15.6. The van der Waals surface area contributed by atoms with E-state index in [2.05, 4.69) is 31.3 Å². The summed E-state index contributed by atoms with van der Waals surface area (Å²) < 4.78 is 5.50. The van der Waals surface area contributed by atoms with Gasteiger partial charge in [0.1, 0.15) is 0 Å². The molecule has 0 saturated carbocycles. The lowest BCUT2D eigenvalue weighted by Gasteiger charge is -2.22. The zero-order valence-corrected chi connectivity index (χ0v) is 48.9. The van der Waals surface area contributed by atoms with Crippen molar-refractivity contribution in [1.82, 2.24) is 5.32 Å². The minimum Gasteiger partial charge on any atom is -0.466 e. The maximum Gasteiger partial charge on any atom is 0.305 e. The van der Waals surface area contributed by atoms with Crippen LogP contribution in [0, 0.1) is 0 Å². The molecule has 428 valence electrons. The summed E-state index contributed by atoms with van der Waals surface area (Å²) in [6.45, 7) is 4.97. The van der Waals surface area contributed by atoms with Crippen LogP contribution >= 0.6 is 0 Å². The van der Waals surface area contributed by atoms with Gasteiger partial charge in [-0.15, -0.1) is 0 Å². The first-order valence-corrected chi connectivity index (χ1v) is 32.9. The molecule has 0 spiro atoms. The number of aliphatic hydroxyl groups excluding tert-OH is 2. The predicted octanol–water partition coefficient (Wildman–Crippen LogP) is 20.8. The summed E-state index contributed by atoms with van der Waals surface area (Å²) in [7, 11) is 0. The zero-order valence-electron chi connectivity index (χ0n) is 48.9. The summed E-state index contributed by atoms with van der Waals surface area (Å²) in [5, 5.41) is 23.4. The number of ether oxygens (including phenoxy) is 1. The van der Waals surface area contributed by atoms with Crippen LogP contribution in [0.1, 0.15) is 373 Å². The molecule has 0 aliphatic rings. The number of amides is 1. The Morgan fingerprint density at radius 1 is 0.375 bits per heavy atom. The number of hydrogen-bond donors (Lipinski definition) is 3. The van der Waals surface area contributed by atoms with E-state index in [1.54, 1.807) is 0 Å². The van der Waals surface area contributed by atoms with Crippen molar-refractivity contribution in [2.24, 2.45) is 0 Å². The summed E-state index contributed by atoms with van der Waals surface area (Å²) in [5.41, 5.74) is 0. The average molecular weight is 1020 g/mol. The monoisotopic (exact) mass is 1020 g/mol. The number of aliphatic hydroxyl groups is 2. The summed E-state index contributed by atoms with van der Waals surface area (Å²) in [6.07, 6.45) is 75.1. The highest BCUT2D eigenvalue weighted by Gasteiger charge is 2.20. The fourth-order valence-corrected chi connectivity index (χ4v) is 10.5. The van der Waals surface area contributed by atoms with Gasteiger partial charge in [-0.1, -0.05) is 321 Å². The van der Waals surface area contributed by atoms with E-state index < -0.39 is 12.1 Å². The molecular formula is C66H129NO5. The fourth-order valence-electron chi connectivity index (χ4n) is 10.5. The Kier molecular flexibility index (Phi) is 60.9. The van der Waals surface area contributed by atoms with Crippen molar-refractivity contribution in [2.75, 3.05) is 13.2 Å². The van der Waals surface area contributed by atoms with Crippen LogP contribution < -0.4 is 5.32 Å². The van der Waals surface area contributed by atoms with Crippen molar-refractivity contribution >= 4 is 11.9 Å². The second-order valence-electron chi connectivity index (χ2n) is 22.8. The van der Waals surface area contributed by atoms with Crippen LogP contribution in [0.2, 0.25) is 0 Å². The number of hydrogen-bond acceptors (Lipinski definition) is 5. The minimum atomic E-state index is -0.675. The lowest BCUT2D eigenvalue weighted by atomic mass is 10.0. The largest absolute Gasteiger partial charge is 0.466 e. The van der Waals surface area contributed by atoms with Gasteiger partial charge in [-0.3, -0.25) is 9.59 Å². The van der Waals surface area contributed by atoms with E-state index in [0.29, 0.717) is 25.9 Å². The molecule has 0 aliphatic heterocycles. The maximum absolute atomic E-state index is 12.5. The molecule has 0 heterocycles. The molecule has 6 nitrogen and oxygen atoms in total. The minimum absolute atomic E-state index is 0.00318. The standard InChI is InChI=1S/C66H129NO5/c1-3-5-7-9-11-13-15-17-19-21-23-25-26-30-34-38-42-46-50-54-58-64(69)63(62-68)67-65(70)59-55-51-47-43-39-35-31-28-29-33-37-41-45-49-53-57-61-72-66(71)60-56-52-48-44-40-36-32-27-24-22-20-18-16-14-12-10-8-6-4-2/h28,31,63-64,68-69H,3-27,29-30,32-62H2,1-2H3,(H,67,70)/b31-28-. The van der Waals surface area contributed by atoms with Gasteiger partial charge in [0.15, 0.2) is 0 Å². The Balaban J connectivity index is 3.43. The summed E-state index contributed by atoms with van der Waals surface area (Å²) in [5.74, 6) is -0.0446. The highest BCUT2D eigenvalue weighted by atomic mass is 16.5. The molecule has 0 fully saturated rings. The van der Waals surface area contributed by atoms with Crippen LogP contribution in [0.25, 0.3) is 0 Å². The first kappa shape index (κ1) is 70.6. The maximum atomic E-state index is 12.5. The van der Waals surface area contributed by atoms with Gasteiger partial charge in [-0.2, -0.15) is 0 Å². The molecule has 0 aliphatic carbocycles. The molecule has 0 aromatic rings. The molecule has 2 unspecified atom stereocenters. The number of allylic oxidation sites excluding steroid dienone is 2. The molecule has 1 amide bonds. The Morgan fingerprint density at radius 2 is 0.653 bits per heavy atom. The molecule has 0 rings (SSSR count). The Morgan fingerprint density at radius 3 is 0.986 bits per heavy atom. The Labute approximate surface area is 450 Å². The summed E-state index contributed by atoms with van der Waals surface area (Å²) >= 11 is 0. The third-order valence-corrected chi connectivity index (χ3v) is 15.6. The lowest BCUT2D eigenvalue weighted by molar-refractivity contribution is -0.143. The number of nitrogens with one attached hydrogen (secondary N) is 1. The number of esters is 1. The number of unbranched alkanes of at least 4 members (excludes halogenated alkanes) is 49. The molecule has 0 aromatic carbocycles. The molecule has 0 bridgehead atoms. The molecule has 72 heavy (non-hydrogen) atoms. The number of rotatable bonds is 62. The predicted molar refractivity (Wildman–Crippen MR) is 315 cm³/mol. The lowest BCUT2D eigenvalue weighted by Crippen LogP contribution is -2.45. The van der Waals surface area contributed by atoms with Crippen LogP contribution in [0.5, 0.6) is 0 Å². The van der Waals surface area contributed by atoms with Crippen molar-refractivity contribution in [1.29, 1.82) is 0 Å². The van der Waals surface area contributed by atoms with Gasteiger partial charge in [0.05, 0.1) is 25.4 Å². The topological polar surface area (TPSA) is 95.9 Å². The zero-order chi connectivity index (χ0) is 52.2. The van der Waals surface area contributed by atoms with E-state index in [1.807, 2.05) is 0 Å². The van der Waals surface area contributed by atoms with Gasteiger partial charge in [-0.25, -0.2) is 0 Å². The first-order valence-electron chi connectivity index (χ1n) is 32.9. The van der Waals surface area contributed by atoms with E-state index in [9.17, 15) is 19.8 Å². The highest BCUT2D eigenvalue weighted by molar-refractivity contribution is 5.76. The number of carbonyl (C=O) groups excluding carboxylic acids is 2. The number of carbonyl (C=O) groups is 2.